The average Bonchev–Trinajstić information content (AvgIpc) is 2.70. The molecule has 4 nitrogen and oxygen atoms in total. The van der Waals surface area contributed by atoms with Crippen LogP contribution in [-0.2, 0) is 11.3 Å². The molecule has 1 amide bonds. The van der Waals surface area contributed by atoms with Gasteiger partial charge in [0.05, 0.1) is 11.7 Å². The average molecular weight is 432 g/mol. The molecule has 6 heteroatoms. The van der Waals surface area contributed by atoms with E-state index >= 15 is 0 Å². The summed E-state index contributed by atoms with van der Waals surface area (Å²) in [4.78, 5) is 19.6. The summed E-state index contributed by atoms with van der Waals surface area (Å²) in [7, 11) is 0. The molecule has 2 atom stereocenters. The number of aromatic nitrogens is 1. The zero-order valence-electron chi connectivity index (χ0n) is 18.0. The highest BCUT2D eigenvalue weighted by Crippen LogP contribution is 2.29. The second kappa shape index (κ2) is 9.88. The molecule has 0 spiro atoms. The molecule has 1 aliphatic rings. The summed E-state index contributed by atoms with van der Waals surface area (Å²) >= 11 is 5.91. The summed E-state index contributed by atoms with van der Waals surface area (Å²) in [6, 6.07) is 10.7. The van der Waals surface area contributed by atoms with Gasteiger partial charge in [-0.15, -0.1) is 0 Å². The number of hydrogen-bond donors (Lipinski definition) is 1. The van der Waals surface area contributed by atoms with Gasteiger partial charge in [-0.2, -0.15) is 0 Å². The highest BCUT2D eigenvalue weighted by Gasteiger charge is 2.30. The zero-order chi connectivity index (χ0) is 21.7. The first kappa shape index (κ1) is 22.7. The quantitative estimate of drug-likeness (QED) is 0.654. The normalized spacial score (nSPS) is 18.8. The van der Waals surface area contributed by atoms with Gasteiger partial charge in [0, 0.05) is 34.8 Å². The molecule has 162 valence electrons. The third-order valence-corrected chi connectivity index (χ3v) is 5.91. The molecule has 3 rings (SSSR count). The monoisotopic (exact) mass is 431 g/mol. The number of nitrogens with zero attached hydrogens (tertiary/aromatic N) is 2. The Morgan fingerprint density at radius 2 is 2.10 bits per heavy atom. The van der Waals surface area contributed by atoms with Gasteiger partial charge < -0.3 is 5.32 Å². The van der Waals surface area contributed by atoms with Crippen LogP contribution in [0.3, 0.4) is 0 Å². The fourth-order valence-corrected chi connectivity index (χ4v) is 4.05. The summed E-state index contributed by atoms with van der Waals surface area (Å²) in [5.74, 6) is -0.265. The van der Waals surface area contributed by atoms with E-state index in [1.54, 1.807) is 18.3 Å². The highest BCUT2D eigenvalue weighted by molar-refractivity contribution is 6.30. The van der Waals surface area contributed by atoms with Crippen molar-refractivity contribution in [2.45, 2.75) is 65.1 Å². The van der Waals surface area contributed by atoms with Gasteiger partial charge in [0.1, 0.15) is 5.82 Å². The number of amides is 1. The van der Waals surface area contributed by atoms with Crippen LogP contribution in [0.2, 0.25) is 5.02 Å². The zero-order valence-corrected chi connectivity index (χ0v) is 18.8. The van der Waals surface area contributed by atoms with Crippen LogP contribution < -0.4 is 5.32 Å². The summed E-state index contributed by atoms with van der Waals surface area (Å²) in [5.41, 5.74) is 1.03. The Balaban J connectivity index is 1.79. The lowest BCUT2D eigenvalue weighted by Gasteiger charge is -2.38. The van der Waals surface area contributed by atoms with Crippen molar-refractivity contribution in [3.63, 3.8) is 0 Å². The maximum atomic E-state index is 14.4. The fourth-order valence-electron chi connectivity index (χ4n) is 3.89. The summed E-state index contributed by atoms with van der Waals surface area (Å²) in [5, 5.41) is 3.61. The second-order valence-corrected chi connectivity index (χ2v) is 9.56. The molecule has 0 saturated carbocycles. The SMILES string of the molecule is CC(C)(C)C(=O)N[C@H](C[C@H]1CCCCN1Cc1ccc(Cl)cc1F)c1ccccn1. The molecule has 1 aliphatic heterocycles. The molecule has 0 unspecified atom stereocenters. The van der Waals surface area contributed by atoms with Gasteiger partial charge in [0.2, 0.25) is 5.91 Å². The molecule has 1 aromatic carbocycles. The van der Waals surface area contributed by atoms with Crippen molar-refractivity contribution in [1.29, 1.82) is 0 Å². The Morgan fingerprint density at radius 3 is 2.77 bits per heavy atom. The van der Waals surface area contributed by atoms with Gasteiger partial charge in [-0.05, 0) is 50.1 Å². The number of halogens is 2. The minimum Gasteiger partial charge on any atom is -0.347 e. The Hall–Kier alpha value is -1.98. The Kier molecular flexibility index (Phi) is 7.48. The van der Waals surface area contributed by atoms with Crippen molar-refractivity contribution in [2.75, 3.05) is 6.54 Å². The standard InChI is InChI=1S/C24H31ClFN3O/c1-24(2,3)23(30)28-22(21-9-4-6-12-27-21)15-19-8-5-7-13-29(19)16-17-10-11-18(25)14-20(17)26/h4,6,9-12,14,19,22H,5,7-8,13,15-16H2,1-3H3,(H,28,30)/t19-,22-/m1/s1. The van der Waals surface area contributed by atoms with Crippen LogP contribution in [0.4, 0.5) is 4.39 Å². The van der Waals surface area contributed by atoms with Crippen molar-refractivity contribution >= 4 is 17.5 Å². The van der Waals surface area contributed by atoms with E-state index in [2.05, 4.69) is 15.2 Å². The van der Waals surface area contributed by atoms with E-state index in [0.717, 1.165) is 37.9 Å². The van der Waals surface area contributed by atoms with Gasteiger partial charge in [0.15, 0.2) is 0 Å². The Bertz CT molecular complexity index is 853. The molecule has 0 radical (unpaired) electrons. The van der Waals surface area contributed by atoms with Gasteiger partial charge in [0.25, 0.3) is 0 Å². The first-order valence-electron chi connectivity index (χ1n) is 10.6. The minimum absolute atomic E-state index is 0.00394. The topological polar surface area (TPSA) is 45.2 Å². The van der Waals surface area contributed by atoms with Crippen molar-refractivity contribution in [2.24, 2.45) is 5.41 Å². The van der Waals surface area contributed by atoms with Crippen LogP contribution in [0.15, 0.2) is 42.6 Å². The lowest BCUT2D eigenvalue weighted by atomic mass is 9.91. The molecule has 1 fully saturated rings. The second-order valence-electron chi connectivity index (χ2n) is 9.12. The van der Waals surface area contributed by atoms with Gasteiger partial charge in [-0.1, -0.05) is 50.9 Å². The number of piperidine rings is 1. The van der Waals surface area contributed by atoms with Crippen LogP contribution in [0, 0.1) is 11.2 Å². The van der Waals surface area contributed by atoms with E-state index in [4.69, 9.17) is 11.6 Å². The highest BCUT2D eigenvalue weighted by atomic mass is 35.5. The predicted molar refractivity (Wildman–Crippen MR) is 119 cm³/mol. The molecule has 30 heavy (non-hydrogen) atoms. The van der Waals surface area contributed by atoms with E-state index in [-0.39, 0.29) is 23.8 Å². The van der Waals surface area contributed by atoms with Crippen LogP contribution in [-0.4, -0.2) is 28.4 Å². The minimum atomic E-state index is -0.480. The number of carbonyl (C=O) groups excluding carboxylic acids is 1. The molecular formula is C24H31ClFN3O. The van der Waals surface area contributed by atoms with Gasteiger partial charge in [-0.25, -0.2) is 4.39 Å². The first-order chi connectivity index (χ1) is 14.2. The number of benzene rings is 1. The number of hydrogen-bond acceptors (Lipinski definition) is 3. The van der Waals surface area contributed by atoms with Crippen LogP contribution in [0.25, 0.3) is 0 Å². The molecule has 0 bridgehead atoms. The lowest BCUT2D eigenvalue weighted by Crippen LogP contribution is -2.44. The van der Waals surface area contributed by atoms with Crippen LogP contribution >= 0.6 is 11.6 Å². The van der Waals surface area contributed by atoms with E-state index < -0.39 is 5.41 Å². The number of nitrogens with one attached hydrogen (secondary N) is 1. The molecule has 1 N–H and O–H groups in total. The van der Waals surface area contributed by atoms with Gasteiger partial charge >= 0.3 is 0 Å². The van der Waals surface area contributed by atoms with Gasteiger partial charge in [-0.3, -0.25) is 14.7 Å². The van der Waals surface area contributed by atoms with Crippen molar-refractivity contribution in [3.05, 3.63) is 64.7 Å². The molecule has 1 aromatic heterocycles. The number of carbonyl (C=O) groups is 1. The number of likely N-dealkylation sites (tertiary alicyclic amines) is 1. The molecule has 2 heterocycles. The number of rotatable bonds is 6. The smallest absolute Gasteiger partial charge is 0.225 e. The first-order valence-corrected chi connectivity index (χ1v) is 11.0. The van der Waals surface area contributed by atoms with E-state index in [1.165, 1.54) is 6.07 Å². The predicted octanol–water partition coefficient (Wildman–Crippen LogP) is 5.52. The summed E-state index contributed by atoms with van der Waals surface area (Å²) < 4.78 is 14.4. The number of pyridine rings is 1. The fraction of sp³-hybridized carbons (Fsp3) is 0.500. The maximum Gasteiger partial charge on any atom is 0.225 e. The van der Waals surface area contributed by atoms with E-state index in [9.17, 15) is 9.18 Å². The molecule has 2 aromatic rings. The van der Waals surface area contributed by atoms with Crippen molar-refractivity contribution in [3.8, 4) is 0 Å². The van der Waals surface area contributed by atoms with Crippen molar-refractivity contribution < 1.29 is 9.18 Å². The Labute approximate surface area is 183 Å². The Morgan fingerprint density at radius 1 is 1.30 bits per heavy atom. The largest absolute Gasteiger partial charge is 0.347 e. The lowest BCUT2D eigenvalue weighted by molar-refractivity contribution is -0.129. The summed E-state index contributed by atoms with van der Waals surface area (Å²) in [6.45, 7) is 7.18. The maximum absolute atomic E-state index is 14.4. The third kappa shape index (κ3) is 6.02. The van der Waals surface area contributed by atoms with Crippen LogP contribution in [0.5, 0.6) is 0 Å². The third-order valence-electron chi connectivity index (χ3n) is 5.68. The molecule has 1 saturated heterocycles. The summed E-state index contributed by atoms with van der Waals surface area (Å²) in [6.07, 6.45) is 5.74. The van der Waals surface area contributed by atoms with E-state index in [1.807, 2.05) is 39.0 Å². The van der Waals surface area contributed by atoms with E-state index in [0.29, 0.717) is 17.1 Å². The van der Waals surface area contributed by atoms with Crippen LogP contribution in [0.1, 0.15) is 63.8 Å². The van der Waals surface area contributed by atoms with Crippen molar-refractivity contribution in [1.82, 2.24) is 15.2 Å². The molecule has 0 aliphatic carbocycles. The molecular weight excluding hydrogens is 401 g/mol.